The van der Waals surface area contributed by atoms with Gasteiger partial charge in [0.05, 0.1) is 5.92 Å². The highest BCUT2D eigenvalue weighted by molar-refractivity contribution is 8.01. The number of thiazole rings is 1. The number of piperidine rings is 1. The number of hydrogen-bond acceptors (Lipinski definition) is 5. The molecule has 2 heterocycles. The summed E-state index contributed by atoms with van der Waals surface area (Å²) in [5.41, 5.74) is 1.71. The van der Waals surface area contributed by atoms with Gasteiger partial charge in [0.25, 0.3) is 0 Å². The van der Waals surface area contributed by atoms with Crippen molar-refractivity contribution in [2.75, 3.05) is 18.4 Å². The van der Waals surface area contributed by atoms with E-state index in [1.807, 2.05) is 36.6 Å². The molecule has 2 amide bonds. The molecule has 0 bridgehead atoms. The first kappa shape index (κ1) is 17.8. The largest absolute Gasteiger partial charge is 0.481 e. The van der Waals surface area contributed by atoms with Gasteiger partial charge in [0.15, 0.2) is 4.34 Å². The molecule has 3 rings (SSSR count). The molecule has 1 saturated heterocycles. The molecule has 1 aromatic carbocycles. The molecule has 1 atom stereocenters. The lowest BCUT2D eigenvalue weighted by atomic mass is 9.99. The Morgan fingerprint density at radius 3 is 2.76 bits per heavy atom. The van der Waals surface area contributed by atoms with E-state index in [1.165, 1.54) is 0 Å². The Bertz CT molecular complexity index is 761. The maximum absolute atomic E-state index is 12.3. The lowest BCUT2D eigenvalue weighted by Crippen LogP contribution is -2.44. The molecule has 0 spiro atoms. The second kappa shape index (κ2) is 7.88. The van der Waals surface area contributed by atoms with Crippen LogP contribution in [0.25, 0.3) is 0 Å². The lowest BCUT2D eigenvalue weighted by Gasteiger charge is -2.30. The van der Waals surface area contributed by atoms with Crippen molar-refractivity contribution in [1.82, 2.24) is 9.88 Å². The topological polar surface area (TPSA) is 82.5 Å². The average molecular weight is 377 g/mol. The van der Waals surface area contributed by atoms with Crippen LogP contribution in [0.5, 0.6) is 0 Å². The summed E-state index contributed by atoms with van der Waals surface area (Å²) in [5.74, 6) is -1.31. The number of hydrogen-bond donors (Lipinski definition) is 2. The third-order valence-corrected chi connectivity index (χ3v) is 6.03. The lowest BCUT2D eigenvalue weighted by molar-refractivity contribution is -0.143. The van der Waals surface area contributed by atoms with Gasteiger partial charge in [-0.25, -0.2) is 9.78 Å². The summed E-state index contributed by atoms with van der Waals surface area (Å²) in [5, 5.41) is 14.0. The van der Waals surface area contributed by atoms with Gasteiger partial charge in [-0.1, -0.05) is 11.8 Å². The molecule has 0 radical (unpaired) electrons. The molecular formula is C17H19N3O3S2. The molecule has 132 valence electrons. The number of benzene rings is 1. The fourth-order valence-electron chi connectivity index (χ4n) is 2.65. The van der Waals surface area contributed by atoms with Crippen LogP contribution in [0.15, 0.2) is 38.9 Å². The third-order valence-electron chi connectivity index (χ3n) is 3.97. The molecule has 1 fully saturated rings. The van der Waals surface area contributed by atoms with Gasteiger partial charge >= 0.3 is 12.0 Å². The van der Waals surface area contributed by atoms with Crippen LogP contribution < -0.4 is 5.32 Å². The van der Waals surface area contributed by atoms with Gasteiger partial charge in [-0.2, -0.15) is 0 Å². The normalized spacial score (nSPS) is 17.3. The minimum Gasteiger partial charge on any atom is -0.481 e. The SMILES string of the molecule is Cc1csc(Sc2ccc(NC(=O)N3CCCC(C(=O)O)C3)cc2)n1. The monoisotopic (exact) mass is 377 g/mol. The van der Waals surface area contributed by atoms with Crippen molar-refractivity contribution in [3.05, 3.63) is 35.3 Å². The van der Waals surface area contributed by atoms with E-state index in [9.17, 15) is 9.59 Å². The summed E-state index contributed by atoms with van der Waals surface area (Å²) < 4.78 is 0.988. The van der Waals surface area contributed by atoms with Crippen LogP contribution in [0, 0.1) is 12.8 Å². The van der Waals surface area contributed by atoms with Crippen LogP contribution >= 0.6 is 23.1 Å². The molecule has 1 aromatic heterocycles. The second-order valence-electron chi connectivity index (χ2n) is 5.93. The Morgan fingerprint density at radius 2 is 2.12 bits per heavy atom. The van der Waals surface area contributed by atoms with E-state index in [0.29, 0.717) is 25.1 Å². The zero-order chi connectivity index (χ0) is 17.8. The molecular weight excluding hydrogens is 358 g/mol. The van der Waals surface area contributed by atoms with Crippen LogP contribution in [0.1, 0.15) is 18.5 Å². The number of carboxylic acid groups (broad SMARTS) is 1. The fraction of sp³-hybridized carbons (Fsp3) is 0.353. The Hall–Kier alpha value is -2.06. The van der Waals surface area contributed by atoms with E-state index in [1.54, 1.807) is 28.0 Å². The number of aliphatic carboxylic acids is 1. The summed E-state index contributed by atoms with van der Waals surface area (Å²) in [6, 6.07) is 7.32. The Morgan fingerprint density at radius 1 is 1.36 bits per heavy atom. The molecule has 25 heavy (non-hydrogen) atoms. The highest BCUT2D eigenvalue weighted by atomic mass is 32.2. The van der Waals surface area contributed by atoms with Crippen LogP contribution in [0.2, 0.25) is 0 Å². The average Bonchev–Trinajstić information content (AvgIpc) is 3.01. The molecule has 1 aliphatic heterocycles. The van der Waals surface area contributed by atoms with Crippen LogP contribution in [0.3, 0.4) is 0 Å². The first-order chi connectivity index (χ1) is 12.0. The number of amides is 2. The zero-order valence-electron chi connectivity index (χ0n) is 13.8. The van der Waals surface area contributed by atoms with E-state index in [0.717, 1.165) is 14.9 Å². The van der Waals surface area contributed by atoms with E-state index in [2.05, 4.69) is 10.3 Å². The molecule has 0 saturated carbocycles. The van der Waals surface area contributed by atoms with E-state index in [-0.39, 0.29) is 12.6 Å². The van der Waals surface area contributed by atoms with Crippen molar-refractivity contribution in [2.24, 2.45) is 5.92 Å². The number of rotatable bonds is 4. The zero-order valence-corrected chi connectivity index (χ0v) is 15.4. The van der Waals surface area contributed by atoms with Crippen molar-refractivity contribution in [2.45, 2.75) is 29.0 Å². The summed E-state index contributed by atoms with van der Waals surface area (Å²) in [4.78, 5) is 30.5. The quantitative estimate of drug-likeness (QED) is 0.843. The number of carboxylic acids is 1. The number of anilines is 1. The summed E-state index contributed by atoms with van der Waals surface area (Å²) >= 11 is 3.19. The molecule has 2 N–H and O–H groups in total. The number of nitrogens with zero attached hydrogens (tertiary/aromatic N) is 2. The standard InChI is InChI=1S/C17H19N3O3S2/c1-11-10-24-17(18-11)25-14-6-4-13(5-7-14)19-16(23)20-8-2-3-12(9-20)15(21)22/h4-7,10,12H,2-3,8-9H2,1H3,(H,19,23)(H,21,22). The number of carbonyl (C=O) groups is 2. The van der Waals surface area contributed by atoms with Gasteiger partial charge in [0.1, 0.15) is 0 Å². The number of nitrogens with one attached hydrogen (secondary N) is 1. The third kappa shape index (κ3) is 4.73. The van der Waals surface area contributed by atoms with E-state index in [4.69, 9.17) is 5.11 Å². The van der Waals surface area contributed by atoms with Gasteiger partial charge in [-0.3, -0.25) is 4.79 Å². The molecule has 6 nitrogen and oxygen atoms in total. The van der Waals surface area contributed by atoms with Crippen molar-refractivity contribution < 1.29 is 14.7 Å². The Balaban J connectivity index is 1.57. The predicted octanol–water partition coefficient (Wildman–Crippen LogP) is 3.93. The number of carbonyl (C=O) groups excluding carboxylic acids is 1. The number of likely N-dealkylation sites (tertiary alicyclic amines) is 1. The summed E-state index contributed by atoms with van der Waals surface area (Å²) in [7, 11) is 0. The first-order valence-electron chi connectivity index (χ1n) is 8.00. The number of aryl methyl sites for hydroxylation is 1. The van der Waals surface area contributed by atoms with Crippen molar-refractivity contribution in [3.8, 4) is 0 Å². The highest BCUT2D eigenvalue weighted by Gasteiger charge is 2.28. The van der Waals surface area contributed by atoms with Crippen molar-refractivity contribution in [1.29, 1.82) is 0 Å². The van der Waals surface area contributed by atoms with E-state index >= 15 is 0 Å². The summed E-state index contributed by atoms with van der Waals surface area (Å²) in [6.07, 6.45) is 1.34. The van der Waals surface area contributed by atoms with Gasteiger partial charge < -0.3 is 15.3 Å². The predicted molar refractivity (Wildman–Crippen MR) is 98.4 cm³/mol. The smallest absolute Gasteiger partial charge is 0.321 e. The van der Waals surface area contributed by atoms with Crippen LogP contribution in [0.4, 0.5) is 10.5 Å². The van der Waals surface area contributed by atoms with Gasteiger partial charge in [0.2, 0.25) is 0 Å². The maximum Gasteiger partial charge on any atom is 0.321 e. The Labute approximate surface area is 154 Å². The van der Waals surface area contributed by atoms with Crippen LogP contribution in [-0.4, -0.2) is 40.1 Å². The maximum atomic E-state index is 12.3. The first-order valence-corrected chi connectivity index (χ1v) is 9.69. The second-order valence-corrected chi connectivity index (χ2v) is 8.11. The van der Waals surface area contributed by atoms with Gasteiger partial charge in [-0.05, 0) is 44.0 Å². The number of urea groups is 1. The molecule has 1 aliphatic rings. The molecule has 2 aromatic rings. The van der Waals surface area contributed by atoms with Crippen molar-refractivity contribution in [3.63, 3.8) is 0 Å². The van der Waals surface area contributed by atoms with Crippen molar-refractivity contribution >= 4 is 40.8 Å². The van der Waals surface area contributed by atoms with Crippen LogP contribution in [-0.2, 0) is 4.79 Å². The summed E-state index contributed by atoms with van der Waals surface area (Å²) in [6.45, 7) is 2.82. The highest BCUT2D eigenvalue weighted by Crippen LogP contribution is 2.31. The number of aromatic nitrogens is 1. The van der Waals surface area contributed by atoms with Gasteiger partial charge in [0, 0.05) is 34.7 Å². The Kier molecular flexibility index (Phi) is 5.60. The van der Waals surface area contributed by atoms with E-state index < -0.39 is 11.9 Å². The van der Waals surface area contributed by atoms with Gasteiger partial charge in [-0.15, -0.1) is 11.3 Å². The molecule has 8 heteroatoms. The fourth-order valence-corrected chi connectivity index (χ4v) is 4.46. The minimum atomic E-state index is -0.837. The molecule has 0 aliphatic carbocycles. The minimum absolute atomic E-state index is 0.248. The molecule has 1 unspecified atom stereocenters.